The number of amides is 1. The van der Waals surface area contributed by atoms with Gasteiger partial charge in [-0.15, -0.1) is 0 Å². The summed E-state index contributed by atoms with van der Waals surface area (Å²) in [6.45, 7) is 1.59. The van der Waals surface area contributed by atoms with Gasteiger partial charge in [-0.05, 0) is 47.7 Å². The summed E-state index contributed by atoms with van der Waals surface area (Å²) in [6.07, 6.45) is 0.120. The van der Waals surface area contributed by atoms with Crippen LogP contribution in [0.3, 0.4) is 0 Å². The normalized spacial score (nSPS) is 11.1. The van der Waals surface area contributed by atoms with Crippen molar-refractivity contribution in [3.05, 3.63) is 59.4 Å². The van der Waals surface area contributed by atoms with E-state index in [2.05, 4.69) is 0 Å². The molecule has 0 heterocycles. The number of rotatable bonds is 5. The third-order valence-electron chi connectivity index (χ3n) is 3.40. The molecule has 0 bridgehead atoms. The largest absolute Gasteiger partial charge is 0.446 e. The van der Waals surface area contributed by atoms with Crippen LogP contribution >= 0.6 is 11.8 Å². The molecule has 136 valence electrons. The monoisotopic (exact) mass is 382 g/mol. The number of alkyl halides is 3. The third-order valence-corrected chi connectivity index (χ3v) is 4.12. The topological polar surface area (TPSA) is 44.1 Å². The van der Waals surface area contributed by atoms with Crippen molar-refractivity contribution in [3.63, 3.8) is 0 Å². The lowest BCUT2D eigenvalue weighted by Crippen LogP contribution is -2.29. The summed E-state index contributed by atoms with van der Waals surface area (Å²) < 4.78 is 51.3. The number of anilines is 1. The molecular formula is C18H14F4N2OS. The van der Waals surface area contributed by atoms with E-state index in [1.54, 1.807) is 13.0 Å². The van der Waals surface area contributed by atoms with E-state index < -0.39 is 11.3 Å². The summed E-state index contributed by atoms with van der Waals surface area (Å²) in [5.41, 5.74) is -3.72. The number of halogens is 4. The van der Waals surface area contributed by atoms with Crippen LogP contribution in [0.15, 0.2) is 47.4 Å². The first-order valence-electron chi connectivity index (χ1n) is 7.57. The van der Waals surface area contributed by atoms with Gasteiger partial charge in [0.15, 0.2) is 0 Å². The smallest absolute Gasteiger partial charge is 0.308 e. The first-order valence-corrected chi connectivity index (χ1v) is 8.39. The predicted octanol–water partition coefficient (Wildman–Crippen LogP) is 5.25. The van der Waals surface area contributed by atoms with Crippen LogP contribution in [-0.4, -0.2) is 11.4 Å². The Morgan fingerprint density at radius 3 is 2.58 bits per heavy atom. The first-order chi connectivity index (χ1) is 12.2. The Hall–Kier alpha value is -2.53. The number of carbonyl (C=O) groups excluding carboxylic acids is 1. The Labute approximate surface area is 152 Å². The molecule has 0 saturated heterocycles. The second-order valence-electron chi connectivity index (χ2n) is 5.34. The standard InChI is InChI=1S/C18H14F4N2OS/c1-2-17(25)24(15-7-13(10-23)6-14(19)9-15)11-12-4-3-5-16(8-12)26-18(20,21)22/h3-9H,2,11H2,1H3. The molecule has 0 aliphatic rings. The average molecular weight is 382 g/mol. The number of benzene rings is 2. The molecule has 8 heteroatoms. The van der Waals surface area contributed by atoms with Crippen LogP contribution in [0.2, 0.25) is 0 Å². The zero-order valence-corrected chi connectivity index (χ0v) is 14.5. The zero-order chi connectivity index (χ0) is 19.3. The molecule has 0 aliphatic heterocycles. The van der Waals surface area contributed by atoms with Gasteiger partial charge in [-0.1, -0.05) is 19.1 Å². The quantitative estimate of drug-likeness (QED) is 0.524. The maximum atomic E-state index is 13.7. The van der Waals surface area contributed by atoms with Crippen molar-refractivity contribution in [3.8, 4) is 6.07 Å². The van der Waals surface area contributed by atoms with E-state index in [4.69, 9.17) is 5.26 Å². The second-order valence-corrected chi connectivity index (χ2v) is 6.48. The minimum absolute atomic E-state index is 0.00384. The van der Waals surface area contributed by atoms with Gasteiger partial charge in [0.1, 0.15) is 5.82 Å². The number of nitriles is 1. The van der Waals surface area contributed by atoms with E-state index in [9.17, 15) is 22.4 Å². The summed E-state index contributed by atoms with van der Waals surface area (Å²) in [5.74, 6) is -1.01. The van der Waals surface area contributed by atoms with Gasteiger partial charge in [-0.2, -0.15) is 18.4 Å². The SMILES string of the molecule is CCC(=O)N(Cc1cccc(SC(F)(F)F)c1)c1cc(F)cc(C#N)c1. The zero-order valence-electron chi connectivity index (χ0n) is 13.7. The van der Waals surface area contributed by atoms with Gasteiger partial charge in [0.25, 0.3) is 0 Å². The molecule has 0 atom stereocenters. The van der Waals surface area contributed by atoms with Crippen molar-refractivity contribution >= 4 is 23.4 Å². The van der Waals surface area contributed by atoms with Crippen molar-refractivity contribution in [2.24, 2.45) is 0 Å². The van der Waals surface area contributed by atoms with Crippen molar-refractivity contribution in [2.75, 3.05) is 4.90 Å². The average Bonchev–Trinajstić information content (AvgIpc) is 2.57. The molecule has 26 heavy (non-hydrogen) atoms. The maximum Gasteiger partial charge on any atom is 0.446 e. The fraction of sp³-hybridized carbons (Fsp3) is 0.222. The Balaban J connectivity index is 2.35. The van der Waals surface area contributed by atoms with Crippen molar-refractivity contribution in [1.82, 2.24) is 0 Å². The summed E-state index contributed by atoms with van der Waals surface area (Å²) >= 11 is -0.246. The number of hydrogen-bond acceptors (Lipinski definition) is 3. The van der Waals surface area contributed by atoms with E-state index >= 15 is 0 Å². The molecule has 0 aliphatic carbocycles. The van der Waals surface area contributed by atoms with Crippen LogP contribution in [0.4, 0.5) is 23.2 Å². The van der Waals surface area contributed by atoms with E-state index in [1.807, 2.05) is 6.07 Å². The third kappa shape index (κ3) is 5.49. The van der Waals surface area contributed by atoms with Crippen LogP contribution in [0.25, 0.3) is 0 Å². The Kier molecular flexibility index (Phi) is 6.27. The van der Waals surface area contributed by atoms with Crippen molar-refractivity contribution < 1.29 is 22.4 Å². The molecule has 0 unspecified atom stereocenters. The maximum absolute atomic E-state index is 13.7. The highest BCUT2D eigenvalue weighted by Gasteiger charge is 2.29. The second kappa shape index (κ2) is 8.23. The van der Waals surface area contributed by atoms with Crippen molar-refractivity contribution in [2.45, 2.75) is 30.3 Å². The summed E-state index contributed by atoms with van der Waals surface area (Å²) in [5, 5.41) is 8.97. The number of nitrogens with zero attached hydrogens (tertiary/aromatic N) is 2. The van der Waals surface area contributed by atoms with Crippen LogP contribution < -0.4 is 4.90 Å². The van der Waals surface area contributed by atoms with Crippen LogP contribution in [0.1, 0.15) is 24.5 Å². The first kappa shape index (κ1) is 19.8. The summed E-state index contributed by atoms with van der Waals surface area (Å²) in [4.78, 5) is 13.5. The van der Waals surface area contributed by atoms with E-state index in [0.717, 1.165) is 12.1 Å². The van der Waals surface area contributed by atoms with Crippen LogP contribution in [0.5, 0.6) is 0 Å². The van der Waals surface area contributed by atoms with Gasteiger partial charge in [-0.25, -0.2) is 4.39 Å². The summed E-state index contributed by atoms with van der Waals surface area (Å²) in [6, 6.07) is 11.0. The van der Waals surface area contributed by atoms with E-state index in [-0.39, 0.29) is 46.8 Å². The molecule has 0 radical (unpaired) electrons. The Morgan fingerprint density at radius 1 is 1.23 bits per heavy atom. The van der Waals surface area contributed by atoms with Gasteiger partial charge in [0, 0.05) is 17.0 Å². The minimum atomic E-state index is -4.41. The molecule has 2 aromatic carbocycles. The molecule has 2 aromatic rings. The van der Waals surface area contributed by atoms with Crippen LogP contribution in [0, 0.1) is 17.1 Å². The summed E-state index contributed by atoms with van der Waals surface area (Å²) in [7, 11) is 0. The molecule has 0 spiro atoms. The highest BCUT2D eigenvalue weighted by molar-refractivity contribution is 8.00. The van der Waals surface area contributed by atoms with Crippen molar-refractivity contribution in [1.29, 1.82) is 5.26 Å². The molecule has 0 aromatic heterocycles. The van der Waals surface area contributed by atoms with Gasteiger partial charge >= 0.3 is 5.51 Å². The fourth-order valence-corrected chi connectivity index (χ4v) is 2.96. The van der Waals surface area contributed by atoms with E-state index in [0.29, 0.717) is 5.56 Å². The lowest BCUT2D eigenvalue weighted by Gasteiger charge is -2.23. The van der Waals surface area contributed by atoms with Gasteiger partial charge in [-0.3, -0.25) is 4.79 Å². The molecular weight excluding hydrogens is 368 g/mol. The van der Waals surface area contributed by atoms with E-state index in [1.165, 1.54) is 29.2 Å². The highest BCUT2D eigenvalue weighted by atomic mass is 32.2. The Bertz CT molecular complexity index is 846. The van der Waals surface area contributed by atoms with Gasteiger partial charge < -0.3 is 4.90 Å². The van der Waals surface area contributed by atoms with Crippen LogP contribution in [-0.2, 0) is 11.3 Å². The molecule has 3 nitrogen and oxygen atoms in total. The molecule has 2 rings (SSSR count). The number of carbonyl (C=O) groups is 1. The Morgan fingerprint density at radius 2 is 1.96 bits per heavy atom. The highest BCUT2D eigenvalue weighted by Crippen LogP contribution is 2.37. The predicted molar refractivity (Wildman–Crippen MR) is 91.0 cm³/mol. The van der Waals surface area contributed by atoms with Gasteiger partial charge in [0.2, 0.25) is 5.91 Å². The minimum Gasteiger partial charge on any atom is -0.308 e. The van der Waals surface area contributed by atoms with Gasteiger partial charge in [0.05, 0.1) is 18.2 Å². The lowest BCUT2D eigenvalue weighted by atomic mass is 10.1. The lowest BCUT2D eigenvalue weighted by molar-refractivity contribution is -0.118. The molecule has 1 amide bonds. The fourth-order valence-electron chi connectivity index (χ4n) is 2.33. The molecule has 0 N–H and O–H groups in total. The number of hydrogen-bond donors (Lipinski definition) is 0. The number of thioether (sulfide) groups is 1. The molecule has 0 saturated carbocycles. The molecule has 0 fully saturated rings.